The Balaban J connectivity index is 1.24. The maximum atomic E-state index is 12.6. The summed E-state index contributed by atoms with van der Waals surface area (Å²) in [5.74, 6) is 0.0830. The van der Waals surface area contributed by atoms with E-state index in [0.717, 1.165) is 51.4 Å². The van der Waals surface area contributed by atoms with Gasteiger partial charge in [0, 0.05) is 57.6 Å². The predicted molar refractivity (Wildman–Crippen MR) is 129 cm³/mol. The van der Waals surface area contributed by atoms with E-state index in [9.17, 15) is 4.79 Å². The highest BCUT2D eigenvalue weighted by Crippen LogP contribution is 2.20. The third kappa shape index (κ3) is 5.99. The van der Waals surface area contributed by atoms with Crippen molar-refractivity contribution in [1.29, 1.82) is 5.26 Å². The smallest absolute Gasteiger partial charge is 0.246 e. The van der Waals surface area contributed by atoms with E-state index in [-0.39, 0.29) is 5.91 Å². The van der Waals surface area contributed by atoms with Crippen LogP contribution < -0.4 is 4.90 Å². The van der Waals surface area contributed by atoms with Crippen molar-refractivity contribution in [3.63, 3.8) is 0 Å². The zero-order valence-electron chi connectivity index (χ0n) is 18.7. The summed E-state index contributed by atoms with van der Waals surface area (Å²) in [6, 6.07) is 18.5. The molecule has 0 bridgehead atoms. The van der Waals surface area contributed by atoms with Crippen molar-refractivity contribution in [2.75, 3.05) is 44.2 Å². The van der Waals surface area contributed by atoms with Gasteiger partial charge in [-0.3, -0.25) is 9.69 Å². The molecule has 32 heavy (non-hydrogen) atoms. The summed E-state index contributed by atoms with van der Waals surface area (Å²) in [5.41, 5.74) is 4.24. The molecule has 2 heterocycles. The Kier molecular flexibility index (Phi) is 7.58. The minimum absolute atomic E-state index is 0.0830. The van der Waals surface area contributed by atoms with Gasteiger partial charge in [0.25, 0.3) is 0 Å². The van der Waals surface area contributed by atoms with Gasteiger partial charge in [-0.1, -0.05) is 37.1 Å². The van der Waals surface area contributed by atoms with Crippen molar-refractivity contribution in [3.05, 3.63) is 71.3 Å². The largest absolute Gasteiger partial charge is 0.372 e. The number of hydrogen-bond acceptors (Lipinski definition) is 4. The minimum atomic E-state index is 0.0830. The molecule has 2 saturated heterocycles. The molecule has 0 saturated carbocycles. The molecular formula is C27H32N4O. The monoisotopic (exact) mass is 428 g/mol. The van der Waals surface area contributed by atoms with Crippen LogP contribution in [-0.4, -0.2) is 55.0 Å². The Hall–Kier alpha value is -3.10. The summed E-state index contributed by atoms with van der Waals surface area (Å²) >= 11 is 0. The fraction of sp³-hybridized carbons (Fsp3) is 0.407. The highest BCUT2D eigenvalue weighted by atomic mass is 16.2. The maximum absolute atomic E-state index is 12.6. The molecule has 0 spiro atoms. The Bertz CT molecular complexity index is 943. The molecule has 2 aliphatic rings. The van der Waals surface area contributed by atoms with Gasteiger partial charge in [-0.25, -0.2) is 0 Å². The van der Waals surface area contributed by atoms with Crippen LogP contribution in [0, 0.1) is 11.3 Å². The number of nitriles is 1. The second-order valence-corrected chi connectivity index (χ2v) is 8.74. The molecule has 5 heteroatoms. The van der Waals surface area contributed by atoms with Crippen molar-refractivity contribution in [3.8, 4) is 6.07 Å². The Morgan fingerprint density at radius 1 is 0.844 bits per heavy atom. The van der Waals surface area contributed by atoms with Crippen LogP contribution in [0.15, 0.2) is 54.6 Å². The van der Waals surface area contributed by atoms with Gasteiger partial charge < -0.3 is 9.80 Å². The van der Waals surface area contributed by atoms with Crippen LogP contribution in [0.4, 0.5) is 5.69 Å². The molecule has 166 valence electrons. The highest BCUT2D eigenvalue weighted by Gasteiger charge is 2.19. The lowest BCUT2D eigenvalue weighted by Crippen LogP contribution is -2.47. The Labute approximate surface area is 191 Å². The van der Waals surface area contributed by atoms with Gasteiger partial charge in [0.05, 0.1) is 11.6 Å². The lowest BCUT2D eigenvalue weighted by atomic mass is 10.1. The van der Waals surface area contributed by atoms with Crippen LogP contribution in [0.25, 0.3) is 6.08 Å². The average molecular weight is 429 g/mol. The van der Waals surface area contributed by atoms with Gasteiger partial charge in [0.1, 0.15) is 0 Å². The zero-order chi connectivity index (χ0) is 22.2. The van der Waals surface area contributed by atoms with Gasteiger partial charge in [-0.05, 0) is 54.3 Å². The highest BCUT2D eigenvalue weighted by molar-refractivity contribution is 5.91. The van der Waals surface area contributed by atoms with Gasteiger partial charge in [0.15, 0.2) is 0 Å². The lowest BCUT2D eigenvalue weighted by molar-refractivity contribution is -0.127. The molecule has 2 aliphatic heterocycles. The average Bonchev–Trinajstić information content (AvgIpc) is 3.13. The normalized spacial score (nSPS) is 17.8. The van der Waals surface area contributed by atoms with Gasteiger partial charge in [-0.2, -0.15) is 5.26 Å². The number of piperazine rings is 1. The Morgan fingerprint density at radius 2 is 1.50 bits per heavy atom. The van der Waals surface area contributed by atoms with E-state index in [1.54, 1.807) is 6.08 Å². The summed E-state index contributed by atoms with van der Waals surface area (Å²) in [5, 5.41) is 8.92. The van der Waals surface area contributed by atoms with Crippen LogP contribution in [0.3, 0.4) is 0 Å². The van der Waals surface area contributed by atoms with Gasteiger partial charge >= 0.3 is 0 Å². The number of carbonyl (C=O) groups excluding carboxylic acids is 1. The third-order valence-corrected chi connectivity index (χ3v) is 6.46. The quantitative estimate of drug-likeness (QED) is 0.667. The molecule has 0 aliphatic carbocycles. The lowest BCUT2D eigenvalue weighted by Gasteiger charge is -2.34. The molecule has 1 amide bonds. The SMILES string of the molecule is N#Cc1ccc(CN2CCN(C(=O)/C=C/c3ccc(N4CCCCCC4)cc3)CC2)cc1. The molecule has 2 aromatic rings. The van der Waals surface area contributed by atoms with E-state index in [0.29, 0.717) is 5.56 Å². The number of rotatable bonds is 5. The maximum Gasteiger partial charge on any atom is 0.246 e. The fourth-order valence-corrected chi connectivity index (χ4v) is 4.47. The summed E-state index contributed by atoms with van der Waals surface area (Å²) < 4.78 is 0. The van der Waals surface area contributed by atoms with E-state index < -0.39 is 0 Å². The van der Waals surface area contributed by atoms with E-state index in [1.165, 1.54) is 36.9 Å². The number of hydrogen-bond donors (Lipinski definition) is 0. The van der Waals surface area contributed by atoms with E-state index in [1.807, 2.05) is 35.2 Å². The summed E-state index contributed by atoms with van der Waals surface area (Å²) in [6.45, 7) is 6.36. The first-order valence-electron chi connectivity index (χ1n) is 11.7. The van der Waals surface area contributed by atoms with Crippen molar-refractivity contribution < 1.29 is 4.79 Å². The first-order chi connectivity index (χ1) is 15.7. The third-order valence-electron chi connectivity index (χ3n) is 6.46. The van der Waals surface area contributed by atoms with Crippen molar-refractivity contribution in [2.45, 2.75) is 32.2 Å². The summed E-state index contributed by atoms with van der Waals surface area (Å²) in [7, 11) is 0. The number of carbonyl (C=O) groups is 1. The standard InChI is InChI=1S/C27H32N4O/c28-21-24-5-7-25(8-6-24)22-29-17-19-31(20-18-29)27(32)14-11-23-9-12-26(13-10-23)30-15-3-1-2-4-16-30/h5-14H,1-4,15-20,22H2/b14-11+. The van der Waals surface area contributed by atoms with E-state index in [4.69, 9.17) is 5.26 Å². The number of benzene rings is 2. The van der Waals surface area contributed by atoms with Crippen LogP contribution in [0.5, 0.6) is 0 Å². The molecule has 0 N–H and O–H groups in total. The molecular weight excluding hydrogens is 396 g/mol. The molecule has 2 fully saturated rings. The Morgan fingerprint density at radius 3 is 2.12 bits per heavy atom. The molecule has 4 rings (SSSR count). The molecule has 0 radical (unpaired) electrons. The van der Waals surface area contributed by atoms with Crippen LogP contribution >= 0.6 is 0 Å². The minimum Gasteiger partial charge on any atom is -0.372 e. The second-order valence-electron chi connectivity index (χ2n) is 8.74. The van der Waals surface area contributed by atoms with Crippen LogP contribution in [0.1, 0.15) is 42.4 Å². The van der Waals surface area contributed by atoms with E-state index in [2.05, 4.69) is 40.1 Å². The molecule has 0 aromatic heterocycles. The summed E-state index contributed by atoms with van der Waals surface area (Å²) in [6.07, 6.45) is 8.86. The van der Waals surface area contributed by atoms with Crippen molar-refractivity contribution in [2.24, 2.45) is 0 Å². The van der Waals surface area contributed by atoms with Crippen molar-refractivity contribution >= 4 is 17.7 Å². The number of amides is 1. The van der Waals surface area contributed by atoms with Crippen LogP contribution in [0.2, 0.25) is 0 Å². The van der Waals surface area contributed by atoms with Crippen molar-refractivity contribution in [1.82, 2.24) is 9.80 Å². The number of anilines is 1. The van der Waals surface area contributed by atoms with Crippen LogP contribution in [-0.2, 0) is 11.3 Å². The predicted octanol–water partition coefficient (Wildman–Crippen LogP) is 4.30. The second kappa shape index (κ2) is 11.0. The zero-order valence-corrected chi connectivity index (χ0v) is 18.7. The first-order valence-corrected chi connectivity index (χ1v) is 11.7. The summed E-state index contributed by atoms with van der Waals surface area (Å²) in [4.78, 5) is 19.4. The molecule has 5 nitrogen and oxygen atoms in total. The molecule has 0 atom stereocenters. The topological polar surface area (TPSA) is 50.6 Å². The first kappa shape index (κ1) is 22.1. The molecule has 2 aromatic carbocycles. The van der Waals surface area contributed by atoms with Gasteiger partial charge in [0.2, 0.25) is 5.91 Å². The van der Waals surface area contributed by atoms with Gasteiger partial charge in [-0.15, -0.1) is 0 Å². The fourth-order valence-electron chi connectivity index (χ4n) is 4.47. The number of nitrogens with zero attached hydrogens (tertiary/aromatic N) is 4. The van der Waals surface area contributed by atoms with E-state index >= 15 is 0 Å². The molecule has 0 unspecified atom stereocenters.